The summed E-state index contributed by atoms with van der Waals surface area (Å²) in [5.41, 5.74) is 5.33. The van der Waals surface area contributed by atoms with E-state index in [2.05, 4.69) is 4.98 Å². The molecule has 1 saturated heterocycles. The number of nitrogen functional groups attached to an aromatic ring is 1. The van der Waals surface area contributed by atoms with Crippen LogP contribution in [0, 0.1) is 15.5 Å². The molecule has 186 valence electrons. The van der Waals surface area contributed by atoms with Gasteiger partial charge in [0.2, 0.25) is 0 Å². The molecule has 1 aromatic heterocycles. The lowest BCUT2D eigenvalue weighted by atomic mass is 9.83. The van der Waals surface area contributed by atoms with Gasteiger partial charge >= 0.3 is 5.69 Å². The fourth-order valence-corrected chi connectivity index (χ4v) is 3.90. The maximum absolute atomic E-state index is 12.4. The molecule has 12 nitrogen and oxygen atoms in total. The Labute approximate surface area is 196 Å². The van der Waals surface area contributed by atoms with Crippen LogP contribution < -0.4 is 16.2 Å². The number of nitrogens with zero attached hydrogens (tertiary/aromatic N) is 3. The number of nitrogens with two attached hydrogens (primary N) is 1. The van der Waals surface area contributed by atoms with E-state index in [-0.39, 0.29) is 24.5 Å². The van der Waals surface area contributed by atoms with Gasteiger partial charge in [-0.1, -0.05) is 20.8 Å². The molecule has 2 aromatic rings. The summed E-state index contributed by atoms with van der Waals surface area (Å²) >= 11 is 0. The highest BCUT2D eigenvalue weighted by Gasteiger charge is 2.36. The number of methoxy groups -OCH3 is 1. The first-order valence-corrected chi connectivity index (χ1v) is 10.7. The normalized spacial score (nSPS) is 21.4. The van der Waals surface area contributed by atoms with Gasteiger partial charge in [-0.15, -0.1) is 0 Å². The minimum Gasteiger partial charge on any atom is -0.497 e. The average Bonchev–Trinajstić information content (AvgIpc) is 3.14. The number of nitro groups is 1. The zero-order valence-electron chi connectivity index (χ0n) is 19.5. The molecule has 0 aliphatic carbocycles. The number of rotatable bonds is 8. The highest BCUT2D eigenvalue weighted by atomic mass is 16.6. The zero-order valence-corrected chi connectivity index (χ0v) is 19.5. The van der Waals surface area contributed by atoms with E-state index in [0.29, 0.717) is 16.9 Å². The molecule has 34 heavy (non-hydrogen) atoms. The number of hydrogen-bond acceptors (Lipinski definition) is 10. The Morgan fingerprint density at radius 2 is 2.12 bits per heavy atom. The van der Waals surface area contributed by atoms with E-state index in [1.807, 2.05) is 20.8 Å². The first kappa shape index (κ1) is 25.6. The third kappa shape index (κ3) is 5.36. The number of hydrogen-bond donors (Lipinski definition) is 3. The number of benzene rings is 1. The minimum absolute atomic E-state index is 0.0497. The maximum Gasteiger partial charge on any atom is 0.351 e. The first-order valence-electron chi connectivity index (χ1n) is 10.7. The number of aliphatic hydroxyl groups is 2. The summed E-state index contributed by atoms with van der Waals surface area (Å²) in [5, 5.41) is 31.0. The highest BCUT2D eigenvalue weighted by molar-refractivity contribution is 5.47. The van der Waals surface area contributed by atoms with Crippen LogP contribution in [0.1, 0.15) is 50.7 Å². The van der Waals surface area contributed by atoms with E-state index in [0.717, 1.165) is 0 Å². The van der Waals surface area contributed by atoms with Crippen LogP contribution in [0.25, 0.3) is 0 Å². The van der Waals surface area contributed by atoms with Crippen LogP contribution in [0.5, 0.6) is 5.75 Å². The lowest BCUT2D eigenvalue weighted by molar-refractivity contribution is -0.386. The maximum atomic E-state index is 12.4. The second-order valence-electron chi connectivity index (χ2n) is 9.19. The monoisotopic (exact) mass is 478 g/mol. The Morgan fingerprint density at radius 3 is 2.68 bits per heavy atom. The van der Waals surface area contributed by atoms with Gasteiger partial charge in [-0.25, -0.2) is 4.79 Å². The molecule has 0 bridgehead atoms. The van der Waals surface area contributed by atoms with Crippen LogP contribution in [0.3, 0.4) is 0 Å². The Morgan fingerprint density at radius 1 is 1.41 bits per heavy atom. The van der Waals surface area contributed by atoms with E-state index < -0.39 is 47.2 Å². The quantitative estimate of drug-likeness (QED) is 0.374. The van der Waals surface area contributed by atoms with Crippen LogP contribution in [0.4, 0.5) is 11.5 Å². The average molecular weight is 479 g/mol. The molecular weight excluding hydrogens is 448 g/mol. The van der Waals surface area contributed by atoms with E-state index >= 15 is 0 Å². The first-order chi connectivity index (χ1) is 16.0. The Kier molecular flexibility index (Phi) is 7.56. The van der Waals surface area contributed by atoms with Crippen molar-refractivity contribution in [2.45, 2.75) is 58.3 Å². The van der Waals surface area contributed by atoms with Gasteiger partial charge in [0.1, 0.15) is 23.9 Å². The summed E-state index contributed by atoms with van der Waals surface area (Å²) in [4.78, 5) is 27.4. The van der Waals surface area contributed by atoms with Crippen molar-refractivity contribution in [3.05, 3.63) is 56.1 Å². The van der Waals surface area contributed by atoms with E-state index in [1.54, 1.807) is 6.07 Å². The smallest absolute Gasteiger partial charge is 0.351 e. The summed E-state index contributed by atoms with van der Waals surface area (Å²) in [5.74, 6) is 0.398. The molecule has 0 spiro atoms. The van der Waals surface area contributed by atoms with Gasteiger partial charge in [-0.2, -0.15) is 4.98 Å². The lowest BCUT2D eigenvalue weighted by Gasteiger charge is -2.31. The van der Waals surface area contributed by atoms with Gasteiger partial charge in [0.05, 0.1) is 43.0 Å². The Hall–Kier alpha value is -3.06. The summed E-state index contributed by atoms with van der Waals surface area (Å²) in [6.45, 7) is 5.15. The number of ether oxygens (including phenoxy) is 3. The van der Waals surface area contributed by atoms with Crippen LogP contribution in [-0.4, -0.2) is 50.6 Å². The molecule has 0 saturated carbocycles. The Bertz CT molecular complexity index is 1100. The molecule has 4 N–H and O–H groups in total. The van der Waals surface area contributed by atoms with Crippen LogP contribution in [-0.2, 0) is 16.1 Å². The van der Waals surface area contributed by atoms with E-state index in [1.165, 1.54) is 30.0 Å². The third-order valence-electron chi connectivity index (χ3n) is 5.66. The third-order valence-corrected chi connectivity index (χ3v) is 5.66. The predicted molar refractivity (Wildman–Crippen MR) is 121 cm³/mol. The number of anilines is 1. The Balaban J connectivity index is 1.93. The zero-order chi connectivity index (χ0) is 25.2. The topological polar surface area (TPSA) is 172 Å². The predicted octanol–water partition coefficient (Wildman–Crippen LogP) is 1.69. The molecule has 3 rings (SSSR count). The molecule has 1 aliphatic rings. The molecular formula is C22H30N4O8. The molecule has 2 heterocycles. The van der Waals surface area contributed by atoms with Crippen LogP contribution in [0.2, 0.25) is 0 Å². The summed E-state index contributed by atoms with van der Waals surface area (Å²) < 4.78 is 18.1. The van der Waals surface area contributed by atoms with E-state index in [4.69, 9.17) is 19.9 Å². The van der Waals surface area contributed by atoms with Crippen molar-refractivity contribution in [3.63, 3.8) is 0 Å². The second-order valence-corrected chi connectivity index (χ2v) is 9.19. The standard InChI is InChI=1S/C22H30N4O8/c1-22(2,3)19(14-7-13(32-4)5-6-15(14)26(30)31)33-11-12-9-25(21(29)24-20(12)23)18-8-16(28)17(10-27)34-18/h5-7,9,16-19,27-28H,8,10-11H2,1-4H3,(H2,23,24,29)/t16-,17+,18+,19+/m0/s1. The van der Waals surface area contributed by atoms with Crippen molar-refractivity contribution in [1.82, 2.24) is 9.55 Å². The molecule has 12 heteroatoms. The van der Waals surface area contributed by atoms with Crippen molar-refractivity contribution in [2.75, 3.05) is 19.5 Å². The summed E-state index contributed by atoms with van der Waals surface area (Å²) in [6, 6.07) is 4.45. The van der Waals surface area contributed by atoms with Gasteiger partial charge in [0.25, 0.3) is 5.69 Å². The van der Waals surface area contributed by atoms with Crippen molar-refractivity contribution < 1.29 is 29.3 Å². The second kappa shape index (κ2) is 10.1. The molecule has 1 aromatic carbocycles. The lowest BCUT2D eigenvalue weighted by Crippen LogP contribution is -2.29. The van der Waals surface area contributed by atoms with Crippen LogP contribution >= 0.6 is 0 Å². The van der Waals surface area contributed by atoms with Gasteiger partial charge in [0.15, 0.2) is 0 Å². The molecule has 0 radical (unpaired) electrons. The van der Waals surface area contributed by atoms with Gasteiger partial charge in [-0.05, 0) is 17.5 Å². The molecule has 1 fully saturated rings. The van der Waals surface area contributed by atoms with Gasteiger partial charge < -0.3 is 30.2 Å². The van der Waals surface area contributed by atoms with E-state index in [9.17, 15) is 25.1 Å². The van der Waals surface area contributed by atoms with Crippen molar-refractivity contribution in [2.24, 2.45) is 5.41 Å². The fourth-order valence-electron chi connectivity index (χ4n) is 3.90. The summed E-state index contributed by atoms with van der Waals surface area (Å²) in [7, 11) is 1.47. The molecule has 1 aliphatic heterocycles. The number of aliphatic hydroxyl groups excluding tert-OH is 2. The van der Waals surface area contributed by atoms with Gasteiger partial charge in [0, 0.05) is 24.2 Å². The van der Waals surface area contributed by atoms with Crippen LogP contribution in [0.15, 0.2) is 29.2 Å². The SMILES string of the molecule is COc1ccc([N+](=O)[O-])c([C@@H](OCc2cn([C@H]3C[C@H](O)[C@@H](CO)O3)c(=O)nc2N)C(C)(C)C)c1. The molecule has 0 unspecified atom stereocenters. The summed E-state index contributed by atoms with van der Waals surface area (Å²) in [6.07, 6.45) is -1.78. The van der Waals surface area contributed by atoms with Crippen molar-refractivity contribution in [1.29, 1.82) is 0 Å². The van der Waals surface area contributed by atoms with Crippen molar-refractivity contribution in [3.8, 4) is 5.75 Å². The number of nitro benzene ring substituents is 1. The van der Waals surface area contributed by atoms with Gasteiger partial charge in [-0.3, -0.25) is 14.7 Å². The molecule has 4 atom stereocenters. The van der Waals surface area contributed by atoms with Crippen molar-refractivity contribution >= 4 is 11.5 Å². The largest absolute Gasteiger partial charge is 0.497 e. The minimum atomic E-state index is -0.932. The highest BCUT2D eigenvalue weighted by Crippen LogP contribution is 2.42. The number of aromatic nitrogens is 2. The fraction of sp³-hybridized carbons (Fsp3) is 0.545. The molecule has 0 amide bonds.